The van der Waals surface area contributed by atoms with Crippen molar-refractivity contribution < 1.29 is 14.6 Å². The molecule has 0 aliphatic rings. The average molecular weight is 240 g/mol. The molecule has 16 heavy (non-hydrogen) atoms. The van der Waals surface area contributed by atoms with Crippen LogP contribution in [0.4, 0.5) is 0 Å². The number of ether oxygens (including phenoxy) is 1. The molecule has 0 radical (unpaired) electrons. The molecule has 0 fully saturated rings. The first-order chi connectivity index (χ1) is 7.74. The van der Waals surface area contributed by atoms with Gasteiger partial charge in [0.15, 0.2) is 0 Å². The predicted octanol–water partition coefficient (Wildman–Crippen LogP) is 2.91. The van der Waals surface area contributed by atoms with Crippen LogP contribution in [0.15, 0.2) is 24.3 Å². The molecule has 0 aliphatic carbocycles. The highest BCUT2D eigenvalue weighted by Gasteiger charge is 2.03. The molecular weight excluding hydrogens is 224 g/mol. The van der Waals surface area contributed by atoms with E-state index in [-0.39, 0.29) is 5.56 Å². The highest BCUT2D eigenvalue weighted by atomic mass is 32.2. The van der Waals surface area contributed by atoms with Crippen molar-refractivity contribution in [1.29, 1.82) is 0 Å². The number of carbonyl (C=O) groups is 1. The molecule has 88 valence electrons. The van der Waals surface area contributed by atoms with Gasteiger partial charge in [-0.1, -0.05) is 13.0 Å². The minimum atomic E-state index is -0.924. The molecule has 1 aromatic rings. The van der Waals surface area contributed by atoms with Crippen LogP contribution in [-0.4, -0.2) is 29.2 Å². The summed E-state index contributed by atoms with van der Waals surface area (Å²) in [7, 11) is 0. The maximum atomic E-state index is 10.7. The van der Waals surface area contributed by atoms with Gasteiger partial charge in [-0.05, 0) is 36.1 Å². The SMILES string of the molecule is CCSCCCOc1cccc(C(=O)O)c1. The lowest BCUT2D eigenvalue weighted by atomic mass is 10.2. The van der Waals surface area contributed by atoms with Crippen LogP contribution in [0.3, 0.4) is 0 Å². The second kappa shape index (κ2) is 7.17. The molecule has 0 amide bonds. The third-order valence-corrected chi connectivity index (χ3v) is 2.97. The Balaban J connectivity index is 2.36. The van der Waals surface area contributed by atoms with Gasteiger partial charge in [-0.25, -0.2) is 4.79 Å². The van der Waals surface area contributed by atoms with Crippen molar-refractivity contribution in [1.82, 2.24) is 0 Å². The Morgan fingerprint density at radius 1 is 1.50 bits per heavy atom. The van der Waals surface area contributed by atoms with Crippen molar-refractivity contribution in [3.05, 3.63) is 29.8 Å². The molecule has 1 aromatic carbocycles. The normalized spacial score (nSPS) is 10.1. The molecule has 0 atom stereocenters. The first kappa shape index (κ1) is 12.9. The van der Waals surface area contributed by atoms with E-state index in [2.05, 4.69) is 6.92 Å². The van der Waals surface area contributed by atoms with Gasteiger partial charge >= 0.3 is 5.97 Å². The number of carboxylic acids is 1. The van der Waals surface area contributed by atoms with Crippen LogP contribution >= 0.6 is 11.8 Å². The highest BCUT2D eigenvalue weighted by Crippen LogP contribution is 2.13. The van der Waals surface area contributed by atoms with Crippen LogP contribution in [0.25, 0.3) is 0 Å². The van der Waals surface area contributed by atoms with Crippen molar-refractivity contribution in [2.45, 2.75) is 13.3 Å². The van der Waals surface area contributed by atoms with E-state index in [0.717, 1.165) is 17.9 Å². The summed E-state index contributed by atoms with van der Waals surface area (Å²) in [5, 5.41) is 8.79. The van der Waals surface area contributed by atoms with E-state index < -0.39 is 5.97 Å². The number of thioether (sulfide) groups is 1. The summed E-state index contributed by atoms with van der Waals surface area (Å²) in [5.74, 6) is 1.90. The molecule has 0 bridgehead atoms. The lowest BCUT2D eigenvalue weighted by molar-refractivity contribution is 0.0696. The van der Waals surface area contributed by atoms with E-state index >= 15 is 0 Å². The zero-order valence-corrected chi connectivity index (χ0v) is 10.1. The van der Waals surface area contributed by atoms with E-state index in [1.54, 1.807) is 24.3 Å². The maximum absolute atomic E-state index is 10.7. The highest BCUT2D eigenvalue weighted by molar-refractivity contribution is 7.99. The van der Waals surface area contributed by atoms with Crippen molar-refractivity contribution in [2.75, 3.05) is 18.1 Å². The summed E-state index contributed by atoms with van der Waals surface area (Å²) < 4.78 is 5.47. The van der Waals surface area contributed by atoms with Gasteiger partial charge in [0.05, 0.1) is 12.2 Å². The van der Waals surface area contributed by atoms with Crippen LogP contribution in [0.5, 0.6) is 5.75 Å². The maximum Gasteiger partial charge on any atom is 0.335 e. The zero-order chi connectivity index (χ0) is 11.8. The molecule has 0 aliphatic heterocycles. The Morgan fingerprint density at radius 2 is 2.31 bits per heavy atom. The predicted molar refractivity (Wildman–Crippen MR) is 66.5 cm³/mol. The Labute approximate surface area is 99.8 Å². The number of aromatic carboxylic acids is 1. The topological polar surface area (TPSA) is 46.5 Å². The second-order valence-corrected chi connectivity index (χ2v) is 4.63. The van der Waals surface area contributed by atoms with Gasteiger partial charge < -0.3 is 9.84 Å². The van der Waals surface area contributed by atoms with E-state index in [4.69, 9.17) is 9.84 Å². The molecule has 0 heterocycles. The van der Waals surface area contributed by atoms with Crippen molar-refractivity contribution in [3.63, 3.8) is 0 Å². The first-order valence-corrected chi connectivity index (χ1v) is 6.43. The van der Waals surface area contributed by atoms with E-state index in [9.17, 15) is 4.79 Å². The first-order valence-electron chi connectivity index (χ1n) is 5.28. The quantitative estimate of drug-likeness (QED) is 0.744. The minimum absolute atomic E-state index is 0.264. The average Bonchev–Trinajstić information content (AvgIpc) is 2.29. The lowest BCUT2D eigenvalue weighted by Crippen LogP contribution is -2.01. The van der Waals surface area contributed by atoms with Gasteiger partial charge in [0.2, 0.25) is 0 Å². The van der Waals surface area contributed by atoms with Gasteiger partial charge in [0, 0.05) is 0 Å². The number of hydrogen-bond acceptors (Lipinski definition) is 3. The van der Waals surface area contributed by atoms with Crippen molar-refractivity contribution >= 4 is 17.7 Å². The fourth-order valence-corrected chi connectivity index (χ4v) is 1.82. The smallest absolute Gasteiger partial charge is 0.335 e. The fraction of sp³-hybridized carbons (Fsp3) is 0.417. The van der Waals surface area contributed by atoms with Gasteiger partial charge in [-0.15, -0.1) is 0 Å². The lowest BCUT2D eigenvalue weighted by Gasteiger charge is -2.06. The monoisotopic (exact) mass is 240 g/mol. The molecular formula is C12H16O3S. The van der Waals surface area contributed by atoms with E-state index in [1.165, 1.54) is 0 Å². The largest absolute Gasteiger partial charge is 0.494 e. The number of rotatable bonds is 7. The Kier molecular flexibility index (Phi) is 5.78. The van der Waals surface area contributed by atoms with E-state index in [0.29, 0.717) is 12.4 Å². The van der Waals surface area contributed by atoms with Crippen LogP contribution in [0.1, 0.15) is 23.7 Å². The van der Waals surface area contributed by atoms with Crippen LogP contribution < -0.4 is 4.74 Å². The van der Waals surface area contributed by atoms with Gasteiger partial charge in [0.25, 0.3) is 0 Å². The van der Waals surface area contributed by atoms with Gasteiger partial charge in [-0.3, -0.25) is 0 Å². The second-order valence-electron chi connectivity index (χ2n) is 3.23. The molecule has 4 heteroatoms. The standard InChI is InChI=1S/C12H16O3S/c1-2-16-8-4-7-15-11-6-3-5-10(9-11)12(13)14/h3,5-6,9H,2,4,7-8H2,1H3,(H,13,14). The zero-order valence-electron chi connectivity index (χ0n) is 9.31. The summed E-state index contributed by atoms with van der Waals surface area (Å²) in [5.41, 5.74) is 0.264. The van der Waals surface area contributed by atoms with Gasteiger partial charge in [-0.2, -0.15) is 11.8 Å². The molecule has 3 nitrogen and oxygen atoms in total. The molecule has 0 saturated heterocycles. The van der Waals surface area contributed by atoms with Crippen molar-refractivity contribution in [2.24, 2.45) is 0 Å². The summed E-state index contributed by atoms with van der Waals surface area (Å²) in [4.78, 5) is 10.7. The Hall–Kier alpha value is -1.16. The van der Waals surface area contributed by atoms with Gasteiger partial charge in [0.1, 0.15) is 5.75 Å². The Bertz CT molecular complexity index is 339. The number of benzene rings is 1. The summed E-state index contributed by atoms with van der Waals surface area (Å²) in [6, 6.07) is 6.58. The molecule has 0 saturated carbocycles. The van der Waals surface area contributed by atoms with Crippen LogP contribution in [0, 0.1) is 0 Å². The fourth-order valence-electron chi connectivity index (χ4n) is 1.21. The molecule has 0 aromatic heterocycles. The minimum Gasteiger partial charge on any atom is -0.494 e. The summed E-state index contributed by atoms with van der Waals surface area (Å²) >= 11 is 1.88. The van der Waals surface area contributed by atoms with E-state index in [1.807, 2.05) is 11.8 Å². The van der Waals surface area contributed by atoms with Crippen LogP contribution in [-0.2, 0) is 0 Å². The molecule has 0 spiro atoms. The molecule has 1 rings (SSSR count). The third kappa shape index (κ3) is 4.57. The molecule has 0 unspecified atom stereocenters. The Morgan fingerprint density at radius 3 is 3.00 bits per heavy atom. The van der Waals surface area contributed by atoms with Crippen molar-refractivity contribution in [3.8, 4) is 5.75 Å². The third-order valence-electron chi connectivity index (χ3n) is 1.99. The number of hydrogen-bond donors (Lipinski definition) is 1. The number of carboxylic acid groups (broad SMARTS) is 1. The summed E-state index contributed by atoms with van der Waals surface area (Å²) in [6.07, 6.45) is 0.982. The summed E-state index contributed by atoms with van der Waals surface area (Å²) in [6.45, 7) is 2.76. The van der Waals surface area contributed by atoms with Crippen LogP contribution in [0.2, 0.25) is 0 Å². The molecule has 1 N–H and O–H groups in total.